The van der Waals surface area contributed by atoms with E-state index in [1.165, 1.54) is 38.5 Å². The minimum Gasteiger partial charge on any atom is -0.356 e. The molecule has 2 atom stereocenters. The average molecular weight is 334 g/mol. The standard InChI is InChI=1S/C20H22N4O/c21-10-14-16(17-15(2-1-3-22-17)23-19-18(14)25-19)24-20-7-11-4-12(8-20)6-13(5-11)9-20/h1-3,11-13,18-19,21,23H,4-9H2. The molecule has 0 spiro atoms. The fourth-order valence-electron chi connectivity index (χ4n) is 6.25. The van der Waals surface area contributed by atoms with Gasteiger partial charge in [0, 0.05) is 6.20 Å². The van der Waals surface area contributed by atoms with Crippen LogP contribution in [-0.4, -0.2) is 34.4 Å². The molecule has 2 unspecified atom stereocenters. The number of aliphatic imine (C=N–C) groups is 1. The highest BCUT2D eigenvalue weighted by Gasteiger charge is 2.53. The number of ether oxygens (including phenoxy) is 1. The van der Waals surface area contributed by atoms with Crippen LogP contribution in [0.1, 0.15) is 44.2 Å². The molecule has 5 nitrogen and oxygen atoms in total. The van der Waals surface area contributed by atoms with Crippen molar-refractivity contribution in [3.63, 3.8) is 0 Å². The monoisotopic (exact) mass is 334 g/mol. The summed E-state index contributed by atoms with van der Waals surface area (Å²) in [5, 5.41) is 11.2. The Balaban J connectivity index is 1.51. The molecule has 6 aliphatic rings. The highest BCUT2D eigenvalue weighted by atomic mass is 16.6. The average Bonchev–Trinajstić information content (AvgIpc) is 3.33. The molecule has 0 amide bonds. The van der Waals surface area contributed by atoms with Crippen LogP contribution in [0.3, 0.4) is 0 Å². The SMILES string of the molecule is N=C=C1C(=NC23CC4CC(CC(C4)C2)C3)c2ncccc2NC2OC12. The highest BCUT2D eigenvalue weighted by Crippen LogP contribution is 2.57. The van der Waals surface area contributed by atoms with Gasteiger partial charge in [0.05, 0.1) is 16.8 Å². The molecule has 5 fully saturated rings. The van der Waals surface area contributed by atoms with Gasteiger partial charge >= 0.3 is 0 Å². The van der Waals surface area contributed by atoms with Crippen molar-refractivity contribution < 1.29 is 4.74 Å². The maximum atomic E-state index is 7.86. The van der Waals surface area contributed by atoms with Gasteiger partial charge in [-0.15, -0.1) is 0 Å². The van der Waals surface area contributed by atoms with E-state index in [0.717, 1.165) is 40.4 Å². The quantitative estimate of drug-likeness (QED) is 0.612. The zero-order valence-electron chi connectivity index (χ0n) is 14.2. The van der Waals surface area contributed by atoms with Gasteiger partial charge in [-0.25, -0.2) is 0 Å². The molecule has 7 rings (SSSR count). The first-order valence-electron chi connectivity index (χ1n) is 9.50. The molecule has 3 heterocycles. The maximum Gasteiger partial charge on any atom is 0.160 e. The third kappa shape index (κ3) is 2.09. The second-order valence-corrected chi connectivity index (χ2v) is 8.66. The van der Waals surface area contributed by atoms with Gasteiger partial charge in [-0.05, 0) is 74.3 Å². The molecule has 1 aromatic heterocycles. The van der Waals surface area contributed by atoms with Gasteiger partial charge in [-0.1, -0.05) is 0 Å². The summed E-state index contributed by atoms with van der Waals surface area (Å²) >= 11 is 0. The highest BCUT2D eigenvalue weighted by molar-refractivity contribution is 6.20. The van der Waals surface area contributed by atoms with Crippen LogP contribution in [0.4, 0.5) is 5.69 Å². The summed E-state index contributed by atoms with van der Waals surface area (Å²) < 4.78 is 5.73. The summed E-state index contributed by atoms with van der Waals surface area (Å²) in [6, 6.07) is 3.97. The lowest BCUT2D eigenvalue weighted by molar-refractivity contribution is 0.00172. The van der Waals surface area contributed by atoms with Crippen molar-refractivity contribution in [1.29, 1.82) is 5.41 Å². The molecule has 0 aromatic carbocycles. The van der Waals surface area contributed by atoms with Gasteiger partial charge in [-0.2, -0.15) is 0 Å². The van der Waals surface area contributed by atoms with Crippen LogP contribution in [0.2, 0.25) is 0 Å². The van der Waals surface area contributed by atoms with E-state index in [2.05, 4.69) is 16.2 Å². The van der Waals surface area contributed by atoms with Crippen molar-refractivity contribution in [1.82, 2.24) is 4.98 Å². The zero-order chi connectivity index (χ0) is 16.6. The van der Waals surface area contributed by atoms with Crippen LogP contribution >= 0.6 is 0 Å². The van der Waals surface area contributed by atoms with Crippen LogP contribution in [0, 0.1) is 23.2 Å². The summed E-state index contributed by atoms with van der Waals surface area (Å²) in [7, 11) is 0. The molecule has 1 saturated heterocycles. The molecule has 2 aliphatic heterocycles. The van der Waals surface area contributed by atoms with Gasteiger partial charge in [0.25, 0.3) is 0 Å². The van der Waals surface area contributed by atoms with E-state index in [9.17, 15) is 0 Å². The molecule has 4 bridgehead atoms. The van der Waals surface area contributed by atoms with Crippen molar-refractivity contribution in [2.75, 3.05) is 5.32 Å². The third-order valence-corrected chi connectivity index (χ3v) is 6.85. The Bertz CT molecular complexity index is 803. The first-order chi connectivity index (χ1) is 12.2. The van der Waals surface area contributed by atoms with Crippen molar-refractivity contribution >= 4 is 17.3 Å². The van der Waals surface area contributed by atoms with E-state index >= 15 is 0 Å². The maximum absolute atomic E-state index is 7.86. The Morgan fingerprint density at radius 3 is 2.60 bits per heavy atom. The summed E-state index contributed by atoms with van der Waals surface area (Å²) in [5.41, 5.74) is 3.50. The number of aromatic nitrogens is 1. The third-order valence-electron chi connectivity index (χ3n) is 6.85. The van der Waals surface area contributed by atoms with E-state index in [1.807, 2.05) is 18.3 Å². The fourth-order valence-corrected chi connectivity index (χ4v) is 6.25. The van der Waals surface area contributed by atoms with Crippen molar-refractivity contribution in [3.8, 4) is 0 Å². The molecule has 25 heavy (non-hydrogen) atoms. The number of pyridine rings is 1. The fraction of sp³-hybridized carbons (Fsp3) is 0.600. The second-order valence-electron chi connectivity index (χ2n) is 8.66. The Morgan fingerprint density at radius 1 is 1.20 bits per heavy atom. The normalized spacial score (nSPS) is 44.6. The van der Waals surface area contributed by atoms with E-state index < -0.39 is 0 Å². The van der Waals surface area contributed by atoms with E-state index in [4.69, 9.17) is 15.1 Å². The molecule has 4 aliphatic carbocycles. The van der Waals surface area contributed by atoms with Crippen LogP contribution in [-0.2, 0) is 4.74 Å². The van der Waals surface area contributed by atoms with Crippen LogP contribution in [0.25, 0.3) is 0 Å². The number of fused-ring (bicyclic) bond motifs is 2. The molecule has 1 aromatic rings. The Hall–Kier alpha value is -1.97. The lowest BCUT2D eigenvalue weighted by Crippen LogP contribution is -2.50. The zero-order valence-corrected chi connectivity index (χ0v) is 14.2. The largest absolute Gasteiger partial charge is 0.356 e. The van der Waals surface area contributed by atoms with Crippen LogP contribution in [0.5, 0.6) is 0 Å². The van der Waals surface area contributed by atoms with Crippen molar-refractivity contribution in [3.05, 3.63) is 29.6 Å². The second kappa shape index (κ2) is 4.80. The molecular weight excluding hydrogens is 312 g/mol. The summed E-state index contributed by atoms with van der Waals surface area (Å²) in [4.78, 5) is 9.99. The van der Waals surface area contributed by atoms with E-state index in [0.29, 0.717) is 0 Å². The first-order valence-corrected chi connectivity index (χ1v) is 9.50. The molecule has 0 radical (unpaired) electrons. The van der Waals surface area contributed by atoms with Gasteiger partial charge in [0.2, 0.25) is 0 Å². The van der Waals surface area contributed by atoms with Gasteiger partial charge in [-0.3, -0.25) is 15.4 Å². The van der Waals surface area contributed by atoms with Gasteiger partial charge < -0.3 is 10.1 Å². The lowest BCUT2D eigenvalue weighted by Gasteiger charge is -2.55. The number of nitrogens with zero attached hydrogens (tertiary/aromatic N) is 2. The molecule has 2 N–H and O–H groups in total. The van der Waals surface area contributed by atoms with Crippen molar-refractivity contribution in [2.45, 2.75) is 56.4 Å². The number of hydrogen-bond donors (Lipinski definition) is 2. The number of epoxide rings is 1. The predicted molar refractivity (Wildman–Crippen MR) is 95.2 cm³/mol. The Labute approximate surface area is 147 Å². The number of hydrogen-bond acceptors (Lipinski definition) is 5. The smallest absolute Gasteiger partial charge is 0.160 e. The Morgan fingerprint density at radius 2 is 1.92 bits per heavy atom. The summed E-state index contributed by atoms with van der Waals surface area (Å²) in [6.45, 7) is 0. The topological polar surface area (TPSA) is 73.7 Å². The molecule has 5 heteroatoms. The summed E-state index contributed by atoms with van der Waals surface area (Å²) in [6.07, 6.45) is 9.47. The van der Waals surface area contributed by atoms with Crippen LogP contribution < -0.4 is 5.32 Å². The summed E-state index contributed by atoms with van der Waals surface area (Å²) in [5.74, 6) is 5.18. The van der Waals surface area contributed by atoms with Gasteiger partial charge in [0.1, 0.15) is 17.5 Å². The van der Waals surface area contributed by atoms with Gasteiger partial charge in [0.15, 0.2) is 6.23 Å². The number of rotatable bonds is 1. The van der Waals surface area contributed by atoms with Crippen LogP contribution in [0.15, 0.2) is 28.9 Å². The van der Waals surface area contributed by atoms with Crippen molar-refractivity contribution in [2.24, 2.45) is 22.7 Å². The van der Waals surface area contributed by atoms with E-state index in [-0.39, 0.29) is 17.9 Å². The lowest BCUT2D eigenvalue weighted by atomic mass is 9.53. The minimum absolute atomic E-state index is 0.0513. The predicted octanol–water partition coefficient (Wildman–Crippen LogP) is 3.16. The van der Waals surface area contributed by atoms with E-state index in [1.54, 1.807) is 0 Å². The first kappa shape index (κ1) is 14.2. The minimum atomic E-state index is -0.112. The Kier molecular flexibility index (Phi) is 2.73. The molecular formula is C20H22N4O. The number of nitrogens with one attached hydrogen (secondary N) is 2. The molecule has 128 valence electrons. The molecule has 4 saturated carbocycles. The number of anilines is 1.